The molecule has 0 aliphatic carbocycles. The highest BCUT2D eigenvalue weighted by molar-refractivity contribution is 7.92. The lowest BCUT2D eigenvalue weighted by Crippen LogP contribution is -2.16. The lowest BCUT2D eigenvalue weighted by atomic mass is 10.00. The normalized spacial score (nSPS) is 16.0. The Labute approximate surface area is 187 Å². The van der Waals surface area contributed by atoms with Crippen LogP contribution in [0.15, 0.2) is 53.4 Å². The van der Waals surface area contributed by atoms with Gasteiger partial charge >= 0.3 is 0 Å². The summed E-state index contributed by atoms with van der Waals surface area (Å²) in [4.78, 5) is 20.9. The van der Waals surface area contributed by atoms with Gasteiger partial charge in [0.15, 0.2) is 0 Å². The van der Waals surface area contributed by atoms with E-state index in [-0.39, 0.29) is 22.6 Å². The Morgan fingerprint density at radius 3 is 2.50 bits per heavy atom. The van der Waals surface area contributed by atoms with Crippen molar-refractivity contribution in [1.82, 2.24) is 9.97 Å². The number of ether oxygens (including phenoxy) is 1. The average molecular weight is 453 g/mol. The summed E-state index contributed by atoms with van der Waals surface area (Å²) in [6.07, 6.45) is 1.59. The Kier molecular flexibility index (Phi) is 6.09. The van der Waals surface area contributed by atoms with Crippen molar-refractivity contribution in [3.63, 3.8) is 0 Å². The molecule has 32 heavy (non-hydrogen) atoms. The van der Waals surface area contributed by atoms with Crippen molar-refractivity contribution in [2.24, 2.45) is 0 Å². The van der Waals surface area contributed by atoms with Crippen LogP contribution >= 0.6 is 0 Å². The molecule has 166 valence electrons. The third kappa shape index (κ3) is 4.88. The molecule has 0 fully saturated rings. The van der Waals surface area contributed by atoms with E-state index in [0.717, 1.165) is 16.7 Å². The van der Waals surface area contributed by atoms with E-state index in [4.69, 9.17) is 4.74 Å². The highest BCUT2D eigenvalue weighted by Crippen LogP contribution is 2.29. The Balaban J connectivity index is 1.80. The van der Waals surface area contributed by atoms with Crippen LogP contribution in [-0.4, -0.2) is 30.9 Å². The maximum absolute atomic E-state index is 13.0. The van der Waals surface area contributed by atoms with Gasteiger partial charge in [0.05, 0.1) is 17.2 Å². The molecule has 2 heterocycles. The molecule has 3 aromatic rings. The zero-order chi connectivity index (χ0) is 22.7. The minimum absolute atomic E-state index is 0.00582. The Morgan fingerprint density at radius 1 is 0.969 bits per heavy atom. The first kappa shape index (κ1) is 21.8. The molecule has 4 bridgehead atoms. The molecule has 1 amide bonds. The molecule has 0 saturated carbocycles. The second-order valence-electron chi connectivity index (χ2n) is 7.67. The van der Waals surface area contributed by atoms with Crippen LogP contribution < -0.4 is 14.8 Å². The van der Waals surface area contributed by atoms with Crippen LogP contribution in [0.2, 0.25) is 0 Å². The average Bonchev–Trinajstić information content (AvgIpc) is 2.73. The number of nitrogens with zero attached hydrogens (tertiary/aromatic N) is 2. The van der Waals surface area contributed by atoms with Crippen molar-refractivity contribution >= 4 is 27.6 Å². The van der Waals surface area contributed by atoms with Gasteiger partial charge in [-0.05, 0) is 56.0 Å². The third-order valence-electron chi connectivity index (χ3n) is 5.14. The number of amides is 1. The molecule has 0 saturated heterocycles. The van der Waals surface area contributed by atoms with E-state index in [2.05, 4.69) is 20.0 Å². The number of sulfonamides is 1. The molecule has 1 aromatic heterocycles. The Bertz CT molecular complexity index is 1250. The van der Waals surface area contributed by atoms with Crippen molar-refractivity contribution < 1.29 is 17.9 Å². The van der Waals surface area contributed by atoms with Crippen LogP contribution in [0.3, 0.4) is 0 Å². The van der Waals surface area contributed by atoms with Gasteiger partial charge in [0, 0.05) is 23.7 Å². The summed E-state index contributed by atoms with van der Waals surface area (Å²) in [6.45, 7) is 4.29. The van der Waals surface area contributed by atoms with Gasteiger partial charge in [-0.25, -0.2) is 18.1 Å². The lowest BCUT2D eigenvalue weighted by Gasteiger charge is -2.14. The fourth-order valence-electron chi connectivity index (χ4n) is 3.60. The van der Waals surface area contributed by atoms with Gasteiger partial charge in [-0.1, -0.05) is 24.3 Å². The SMILES string of the molecule is Cc1cccc(C)c1-c1cc2nc(n1)NS(=O)(=O)c1cccc(c1)NC(=O)CCCCO2. The molecule has 0 spiro atoms. The van der Waals surface area contributed by atoms with Crippen molar-refractivity contribution in [3.8, 4) is 17.1 Å². The van der Waals surface area contributed by atoms with Crippen LogP contribution in [-0.2, 0) is 14.8 Å². The maximum atomic E-state index is 13.0. The number of hydrogen-bond donors (Lipinski definition) is 2. The van der Waals surface area contributed by atoms with E-state index in [9.17, 15) is 13.2 Å². The van der Waals surface area contributed by atoms with Gasteiger partial charge in [0.1, 0.15) is 0 Å². The number of benzene rings is 2. The highest BCUT2D eigenvalue weighted by atomic mass is 32.2. The molecule has 1 aliphatic heterocycles. The van der Waals surface area contributed by atoms with Gasteiger partial charge in [-0.3, -0.25) is 4.79 Å². The van der Waals surface area contributed by atoms with Gasteiger partial charge in [0.25, 0.3) is 10.0 Å². The van der Waals surface area contributed by atoms with E-state index < -0.39 is 10.0 Å². The number of aryl methyl sites for hydroxylation is 2. The van der Waals surface area contributed by atoms with E-state index in [1.165, 1.54) is 12.1 Å². The molecular weight excluding hydrogens is 428 g/mol. The molecule has 8 nitrogen and oxygen atoms in total. The zero-order valence-corrected chi connectivity index (χ0v) is 18.7. The molecule has 4 rings (SSSR count). The first-order valence-electron chi connectivity index (χ1n) is 10.3. The van der Waals surface area contributed by atoms with Gasteiger partial charge in [-0.15, -0.1) is 0 Å². The minimum Gasteiger partial charge on any atom is -0.478 e. The van der Waals surface area contributed by atoms with Gasteiger partial charge in [0.2, 0.25) is 17.7 Å². The standard InChI is InChI=1S/C23H24N4O4S/c1-15-7-5-8-16(2)22(15)19-14-21-26-23(25-19)27-32(29,30)18-10-6-9-17(13-18)24-20(28)11-3-4-12-31-21/h5-10,13-14H,3-4,11-12H2,1-2H3,(H,24,28)(H,25,26,27). The molecular formula is C23H24N4O4S. The Morgan fingerprint density at radius 2 is 1.72 bits per heavy atom. The van der Waals surface area contributed by atoms with Crippen molar-refractivity contribution in [1.29, 1.82) is 0 Å². The molecule has 0 radical (unpaired) electrons. The molecule has 0 unspecified atom stereocenters. The fraction of sp³-hybridized carbons (Fsp3) is 0.261. The second kappa shape index (κ2) is 8.96. The predicted molar refractivity (Wildman–Crippen MR) is 122 cm³/mol. The molecule has 2 aromatic carbocycles. The summed E-state index contributed by atoms with van der Waals surface area (Å²) in [7, 11) is -4.00. The summed E-state index contributed by atoms with van der Waals surface area (Å²) in [5.41, 5.74) is 3.89. The number of anilines is 2. The number of carbonyl (C=O) groups is 1. The highest BCUT2D eigenvalue weighted by Gasteiger charge is 2.20. The number of aromatic nitrogens is 2. The maximum Gasteiger partial charge on any atom is 0.264 e. The van der Waals surface area contributed by atoms with Crippen LogP contribution in [0.4, 0.5) is 11.6 Å². The largest absolute Gasteiger partial charge is 0.478 e. The summed E-state index contributed by atoms with van der Waals surface area (Å²) in [6, 6.07) is 13.7. The first-order chi connectivity index (χ1) is 15.3. The van der Waals surface area contributed by atoms with Gasteiger partial charge in [-0.2, -0.15) is 4.98 Å². The van der Waals surface area contributed by atoms with Gasteiger partial charge < -0.3 is 10.1 Å². The molecule has 0 atom stereocenters. The molecule has 2 N–H and O–H groups in total. The van der Waals surface area contributed by atoms with Crippen LogP contribution in [0.25, 0.3) is 11.3 Å². The van der Waals surface area contributed by atoms with Crippen LogP contribution in [0, 0.1) is 13.8 Å². The number of fused-ring (bicyclic) bond motifs is 4. The number of carbonyl (C=O) groups excluding carboxylic acids is 1. The van der Waals surface area contributed by atoms with Crippen molar-refractivity contribution in [3.05, 3.63) is 59.7 Å². The van der Waals surface area contributed by atoms with E-state index in [0.29, 0.717) is 37.3 Å². The summed E-state index contributed by atoms with van der Waals surface area (Å²) in [5, 5.41) is 2.74. The van der Waals surface area contributed by atoms with E-state index in [1.807, 2.05) is 32.0 Å². The van der Waals surface area contributed by atoms with E-state index >= 15 is 0 Å². The number of rotatable bonds is 1. The minimum atomic E-state index is -4.00. The summed E-state index contributed by atoms with van der Waals surface area (Å²) >= 11 is 0. The number of hydrogen-bond acceptors (Lipinski definition) is 6. The Hall–Kier alpha value is -3.46. The van der Waals surface area contributed by atoms with Crippen LogP contribution in [0.5, 0.6) is 5.88 Å². The quantitative estimate of drug-likeness (QED) is 0.576. The monoisotopic (exact) mass is 452 g/mol. The zero-order valence-electron chi connectivity index (χ0n) is 17.9. The van der Waals surface area contributed by atoms with Crippen LogP contribution in [0.1, 0.15) is 30.4 Å². The molecule has 1 aliphatic rings. The van der Waals surface area contributed by atoms with E-state index in [1.54, 1.807) is 18.2 Å². The third-order valence-corrected chi connectivity index (χ3v) is 6.47. The summed E-state index contributed by atoms with van der Waals surface area (Å²) in [5.74, 6) is 0.00735. The van der Waals surface area contributed by atoms with Crippen molar-refractivity contribution in [2.45, 2.75) is 38.0 Å². The lowest BCUT2D eigenvalue weighted by molar-refractivity contribution is -0.116. The summed E-state index contributed by atoms with van der Waals surface area (Å²) < 4.78 is 34.3. The second-order valence-corrected chi connectivity index (χ2v) is 9.35. The first-order valence-corrected chi connectivity index (χ1v) is 11.8. The number of nitrogens with one attached hydrogen (secondary N) is 2. The predicted octanol–water partition coefficient (Wildman–Crippen LogP) is 4.06. The fourth-order valence-corrected chi connectivity index (χ4v) is 4.59. The van der Waals surface area contributed by atoms with Crippen molar-refractivity contribution in [2.75, 3.05) is 16.6 Å². The topological polar surface area (TPSA) is 110 Å². The molecule has 9 heteroatoms. The smallest absolute Gasteiger partial charge is 0.264 e.